The van der Waals surface area contributed by atoms with Crippen molar-refractivity contribution in [1.29, 1.82) is 0 Å². The monoisotopic (exact) mass is 332 g/mol. The lowest BCUT2D eigenvalue weighted by molar-refractivity contribution is -0.139. The molecule has 5 heteroatoms. The molecule has 1 atom stereocenters. The summed E-state index contributed by atoms with van der Waals surface area (Å²) in [5, 5.41) is 12.8. The fraction of sp³-hybridized carbons (Fsp3) is 0.632. The molecule has 1 aromatic rings. The molecular formula is C19H28N2O3. The van der Waals surface area contributed by atoms with Crippen molar-refractivity contribution in [3.05, 3.63) is 29.3 Å². The van der Waals surface area contributed by atoms with E-state index in [0.29, 0.717) is 18.1 Å². The minimum absolute atomic E-state index is 0.153. The lowest BCUT2D eigenvalue weighted by atomic mass is 9.82. The van der Waals surface area contributed by atoms with Crippen LogP contribution in [0.1, 0.15) is 49.8 Å². The van der Waals surface area contributed by atoms with Crippen LogP contribution in [0.5, 0.6) is 5.75 Å². The summed E-state index contributed by atoms with van der Waals surface area (Å²) in [6.07, 6.45) is 5.59. The molecule has 1 saturated carbocycles. The van der Waals surface area contributed by atoms with Crippen LogP contribution in [0.25, 0.3) is 0 Å². The van der Waals surface area contributed by atoms with E-state index in [1.165, 1.54) is 24.0 Å². The number of methoxy groups -OCH3 is 1. The number of rotatable bonds is 7. The number of ether oxygens (including phenoxy) is 1. The third-order valence-corrected chi connectivity index (χ3v) is 5.48. The molecule has 0 saturated heterocycles. The smallest absolute Gasteiger partial charge is 0.317 e. The largest absolute Gasteiger partial charge is 0.497 e. The molecule has 3 rings (SSSR count). The van der Waals surface area contributed by atoms with Crippen molar-refractivity contribution in [3.8, 4) is 5.75 Å². The molecule has 132 valence electrons. The number of hydrogen-bond donors (Lipinski definition) is 2. The van der Waals surface area contributed by atoms with Crippen LogP contribution >= 0.6 is 0 Å². The van der Waals surface area contributed by atoms with Gasteiger partial charge in [-0.25, -0.2) is 0 Å². The Bertz CT molecular complexity index is 584. The number of carboxylic acids is 1. The number of aliphatic carboxylic acids is 1. The van der Waals surface area contributed by atoms with Crippen molar-refractivity contribution in [2.24, 2.45) is 0 Å². The van der Waals surface area contributed by atoms with Gasteiger partial charge in [-0.05, 0) is 61.9 Å². The zero-order chi connectivity index (χ0) is 17.1. The van der Waals surface area contributed by atoms with E-state index in [1.54, 1.807) is 7.11 Å². The molecule has 0 bridgehead atoms. The van der Waals surface area contributed by atoms with E-state index in [0.717, 1.165) is 31.6 Å². The van der Waals surface area contributed by atoms with Crippen LogP contribution in [0, 0.1) is 0 Å². The molecule has 0 radical (unpaired) electrons. The van der Waals surface area contributed by atoms with E-state index in [2.05, 4.69) is 22.3 Å². The molecule has 1 aromatic carbocycles. The predicted molar refractivity (Wildman–Crippen MR) is 93.5 cm³/mol. The van der Waals surface area contributed by atoms with E-state index in [4.69, 9.17) is 9.84 Å². The number of aryl methyl sites for hydroxylation is 1. The molecule has 1 fully saturated rings. The maximum atomic E-state index is 10.9. The van der Waals surface area contributed by atoms with E-state index in [9.17, 15) is 4.79 Å². The van der Waals surface area contributed by atoms with Crippen molar-refractivity contribution in [2.45, 2.75) is 57.2 Å². The standard InChI is InChI=1S/C19H28N2O3/c1-3-21(12-19(22)23)15-10-14(11-15)20-18-6-4-5-13-9-16(24-2)7-8-17(13)18/h7-9,14-15,18,20H,3-6,10-12H2,1-2H3,(H,22,23). The van der Waals surface area contributed by atoms with Gasteiger partial charge in [0.2, 0.25) is 0 Å². The Morgan fingerprint density at radius 2 is 2.21 bits per heavy atom. The number of carboxylic acid groups (broad SMARTS) is 1. The Balaban J connectivity index is 1.57. The zero-order valence-electron chi connectivity index (χ0n) is 14.6. The maximum Gasteiger partial charge on any atom is 0.317 e. The van der Waals surface area contributed by atoms with Gasteiger partial charge < -0.3 is 15.2 Å². The number of nitrogens with one attached hydrogen (secondary N) is 1. The van der Waals surface area contributed by atoms with Crippen LogP contribution in [-0.2, 0) is 11.2 Å². The summed E-state index contributed by atoms with van der Waals surface area (Å²) in [6.45, 7) is 2.99. The van der Waals surface area contributed by atoms with Crippen LogP contribution in [0.15, 0.2) is 18.2 Å². The van der Waals surface area contributed by atoms with Crippen LogP contribution in [0.2, 0.25) is 0 Å². The van der Waals surface area contributed by atoms with Gasteiger partial charge in [0.1, 0.15) is 5.75 Å². The second kappa shape index (κ2) is 7.53. The van der Waals surface area contributed by atoms with Crippen LogP contribution in [0.3, 0.4) is 0 Å². The second-order valence-corrected chi connectivity index (χ2v) is 6.96. The van der Waals surface area contributed by atoms with Gasteiger partial charge >= 0.3 is 5.97 Å². The number of benzene rings is 1. The minimum Gasteiger partial charge on any atom is -0.497 e. The molecule has 0 spiro atoms. The molecule has 24 heavy (non-hydrogen) atoms. The van der Waals surface area contributed by atoms with Gasteiger partial charge in [0.25, 0.3) is 0 Å². The number of carbonyl (C=O) groups is 1. The van der Waals surface area contributed by atoms with E-state index < -0.39 is 5.97 Å². The third kappa shape index (κ3) is 3.73. The normalized spacial score (nSPS) is 25.9. The highest BCUT2D eigenvalue weighted by Gasteiger charge is 2.35. The molecule has 0 amide bonds. The molecule has 0 heterocycles. The summed E-state index contributed by atoms with van der Waals surface area (Å²) in [4.78, 5) is 13.0. The first-order valence-corrected chi connectivity index (χ1v) is 8.99. The topological polar surface area (TPSA) is 61.8 Å². The number of hydrogen-bond acceptors (Lipinski definition) is 4. The van der Waals surface area contributed by atoms with Crippen molar-refractivity contribution >= 4 is 5.97 Å². The molecular weight excluding hydrogens is 304 g/mol. The summed E-state index contributed by atoms with van der Waals surface area (Å²) in [7, 11) is 1.71. The SMILES string of the molecule is CCN(CC(=O)O)C1CC(NC2CCCc3cc(OC)ccc32)C1. The van der Waals surface area contributed by atoms with Crippen LogP contribution in [-0.4, -0.2) is 48.3 Å². The predicted octanol–water partition coefficient (Wildman–Crippen LogP) is 2.60. The average molecular weight is 332 g/mol. The van der Waals surface area contributed by atoms with Crippen LogP contribution < -0.4 is 10.1 Å². The van der Waals surface area contributed by atoms with E-state index in [-0.39, 0.29) is 6.54 Å². The Morgan fingerprint density at radius 1 is 1.42 bits per heavy atom. The highest BCUT2D eigenvalue weighted by molar-refractivity contribution is 5.69. The van der Waals surface area contributed by atoms with Gasteiger partial charge in [-0.15, -0.1) is 0 Å². The lowest BCUT2D eigenvalue weighted by Gasteiger charge is -2.44. The van der Waals surface area contributed by atoms with Gasteiger partial charge in [-0.2, -0.15) is 0 Å². The minimum atomic E-state index is -0.733. The van der Waals surface area contributed by atoms with Crippen molar-refractivity contribution in [3.63, 3.8) is 0 Å². The summed E-state index contributed by atoms with van der Waals surface area (Å²) in [5.41, 5.74) is 2.80. The van der Waals surface area contributed by atoms with Crippen molar-refractivity contribution in [1.82, 2.24) is 10.2 Å². The second-order valence-electron chi connectivity index (χ2n) is 6.96. The summed E-state index contributed by atoms with van der Waals surface area (Å²) >= 11 is 0. The highest BCUT2D eigenvalue weighted by atomic mass is 16.5. The van der Waals surface area contributed by atoms with Gasteiger partial charge in [-0.3, -0.25) is 9.69 Å². The molecule has 1 unspecified atom stereocenters. The first-order valence-electron chi connectivity index (χ1n) is 8.99. The van der Waals surface area contributed by atoms with Crippen LogP contribution in [0.4, 0.5) is 0 Å². The van der Waals surface area contributed by atoms with Crippen molar-refractivity contribution < 1.29 is 14.6 Å². The number of fused-ring (bicyclic) bond motifs is 1. The molecule has 2 N–H and O–H groups in total. The first kappa shape index (κ1) is 17.2. The van der Waals surface area contributed by atoms with Gasteiger partial charge in [0.15, 0.2) is 0 Å². The maximum absolute atomic E-state index is 10.9. The molecule has 5 nitrogen and oxygen atoms in total. The van der Waals surface area contributed by atoms with Gasteiger partial charge in [-0.1, -0.05) is 13.0 Å². The molecule has 0 aromatic heterocycles. The average Bonchev–Trinajstić information content (AvgIpc) is 2.55. The zero-order valence-corrected chi connectivity index (χ0v) is 14.6. The quantitative estimate of drug-likeness (QED) is 0.804. The Morgan fingerprint density at radius 3 is 2.88 bits per heavy atom. The van der Waals surface area contributed by atoms with E-state index in [1.807, 2.05) is 13.0 Å². The highest BCUT2D eigenvalue weighted by Crippen LogP contribution is 2.35. The fourth-order valence-electron chi connectivity index (χ4n) is 4.07. The summed E-state index contributed by atoms with van der Waals surface area (Å²) < 4.78 is 5.34. The molecule has 0 aliphatic heterocycles. The van der Waals surface area contributed by atoms with E-state index >= 15 is 0 Å². The molecule has 2 aliphatic rings. The molecule has 2 aliphatic carbocycles. The van der Waals surface area contributed by atoms with Gasteiger partial charge in [0, 0.05) is 18.1 Å². The number of likely N-dealkylation sites (N-methyl/N-ethyl adjacent to an activating group) is 1. The lowest BCUT2D eigenvalue weighted by Crippen LogP contribution is -2.54. The third-order valence-electron chi connectivity index (χ3n) is 5.48. The van der Waals surface area contributed by atoms with Gasteiger partial charge in [0.05, 0.1) is 13.7 Å². The number of nitrogens with zero attached hydrogens (tertiary/aromatic N) is 1. The Labute approximate surface area is 144 Å². The first-order chi connectivity index (χ1) is 11.6. The summed E-state index contributed by atoms with van der Waals surface area (Å²) in [6, 6.07) is 7.73. The Kier molecular flexibility index (Phi) is 5.41. The van der Waals surface area contributed by atoms with Crippen molar-refractivity contribution in [2.75, 3.05) is 20.2 Å². The fourth-order valence-corrected chi connectivity index (χ4v) is 4.07. The summed E-state index contributed by atoms with van der Waals surface area (Å²) in [5.74, 6) is 0.203. The Hall–Kier alpha value is -1.59.